The molecular weight excluding hydrogens is 252 g/mol. The van der Waals surface area contributed by atoms with Crippen molar-refractivity contribution in [3.8, 4) is 0 Å². The first-order valence-electron chi connectivity index (χ1n) is 7.02. The molecule has 3 heteroatoms. The Morgan fingerprint density at radius 1 is 1.16 bits per heavy atom. The number of benzene rings is 1. The SMILES string of the molecule is S=c1nc(C2CCc3ccccc32)[nH]c2c1CCC2. The monoisotopic (exact) mass is 268 g/mol. The van der Waals surface area contributed by atoms with Gasteiger partial charge in [-0.05, 0) is 43.2 Å². The topological polar surface area (TPSA) is 28.7 Å². The zero-order chi connectivity index (χ0) is 12.8. The minimum atomic E-state index is 0.406. The van der Waals surface area contributed by atoms with Gasteiger partial charge in [0.25, 0.3) is 0 Å². The van der Waals surface area contributed by atoms with Gasteiger partial charge in [0, 0.05) is 17.2 Å². The predicted octanol–water partition coefficient (Wildman–Crippen LogP) is 3.71. The molecule has 2 aliphatic carbocycles. The largest absolute Gasteiger partial charge is 0.346 e. The molecule has 0 radical (unpaired) electrons. The van der Waals surface area contributed by atoms with Crippen LogP contribution in [0.15, 0.2) is 24.3 Å². The van der Waals surface area contributed by atoms with Crippen molar-refractivity contribution in [2.75, 3.05) is 0 Å². The summed E-state index contributed by atoms with van der Waals surface area (Å²) in [5, 5.41) is 0. The number of aromatic nitrogens is 2. The Morgan fingerprint density at radius 2 is 2.05 bits per heavy atom. The van der Waals surface area contributed by atoms with Gasteiger partial charge in [0.15, 0.2) is 0 Å². The Labute approximate surface area is 117 Å². The summed E-state index contributed by atoms with van der Waals surface area (Å²) in [6, 6.07) is 8.72. The normalized spacial score (nSPS) is 20.3. The molecule has 96 valence electrons. The number of aromatic amines is 1. The van der Waals surface area contributed by atoms with Crippen LogP contribution in [0.5, 0.6) is 0 Å². The third kappa shape index (κ3) is 1.76. The molecule has 0 bridgehead atoms. The van der Waals surface area contributed by atoms with Crippen molar-refractivity contribution < 1.29 is 0 Å². The van der Waals surface area contributed by atoms with Gasteiger partial charge in [-0.3, -0.25) is 0 Å². The van der Waals surface area contributed by atoms with Gasteiger partial charge >= 0.3 is 0 Å². The summed E-state index contributed by atoms with van der Waals surface area (Å²) < 4.78 is 0.825. The Hall–Kier alpha value is -1.48. The number of H-pyrrole nitrogens is 1. The summed E-state index contributed by atoms with van der Waals surface area (Å²) in [6.45, 7) is 0. The molecule has 4 rings (SSSR count). The molecule has 1 aromatic heterocycles. The summed E-state index contributed by atoms with van der Waals surface area (Å²) in [6.07, 6.45) is 5.74. The van der Waals surface area contributed by atoms with Crippen LogP contribution < -0.4 is 0 Å². The van der Waals surface area contributed by atoms with Gasteiger partial charge in [-0.2, -0.15) is 0 Å². The maximum absolute atomic E-state index is 5.47. The molecule has 2 aliphatic rings. The molecule has 0 amide bonds. The minimum Gasteiger partial charge on any atom is -0.346 e. The molecule has 0 saturated heterocycles. The van der Waals surface area contributed by atoms with Crippen LogP contribution in [-0.2, 0) is 19.3 Å². The van der Waals surface area contributed by atoms with Crippen LogP contribution in [0.25, 0.3) is 0 Å². The molecule has 1 heterocycles. The molecule has 1 N–H and O–H groups in total. The fraction of sp³-hybridized carbons (Fsp3) is 0.375. The van der Waals surface area contributed by atoms with E-state index in [0.717, 1.165) is 36.1 Å². The molecule has 1 aromatic carbocycles. The van der Waals surface area contributed by atoms with E-state index in [1.807, 2.05) is 0 Å². The Morgan fingerprint density at radius 3 is 3.00 bits per heavy atom. The first-order valence-corrected chi connectivity index (χ1v) is 7.43. The van der Waals surface area contributed by atoms with E-state index in [9.17, 15) is 0 Å². The number of hydrogen-bond donors (Lipinski definition) is 1. The first kappa shape index (κ1) is 11.4. The van der Waals surface area contributed by atoms with E-state index in [-0.39, 0.29) is 0 Å². The molecule has 2 aromatic rings. The van der Waals surface area contributed by atoms with E-state index < -0.39 is 0 Å². The molecule has 19 heavy (non-hydrogen) atoms. The van der Waals surface area contributed by atoms with Crippen molar-refractivity contribution in [3.63, 3.8) is 0 Å². The molecule has 0 aliphatic heterocycles. The van der Waals surface area contributed by atoms with Crippen LogP contribution in [0.2, 0.25) is 0 Å². The molecule has 0 spiro atoms. The van der Waals surface area contributed by atoms with E-state index in [1.165, 1.54) is 28.8 Å². The smallest absolute Gasteiger partial charge is 0.133 e. The molecule has 1 atom stereocenters. The number of nitrogens with one attached hydrogen (secondary N) is 1. The quantitative estimate of drug-likeness (QED) is 0.799. The van der Waals surface area contributed by atoms with E-state index in [4.69, 9.17) is 12.2 Å². The lowest BCUT2D eigenvalue weighted by molar-refractivity contribution is 0.718. The fourth-order valence-electron chi connectivity index (χ4n) is 3.48. The number of nitrogens with zero attached hydrogens (tertiary/aromatic N) is 1. The van der Waals surface area contributed by atoms with Crippen molar-refractivity contribution in [1.82, 2.24) is 9.97 Å². The zero-order valence-corrected chi connectivity index (χ0v) is 11.6. The van der Waals surface area contributed by atoms with Crippen LogP contribution >= 0.6 is 12.2 Å². The summed E-state index contributed by atoms with van der Waals surface area (Å²) in [5.41, 5.74) is 5.51. The van der Waals surface area contributed by atoms with Crippen molar-refractivity contribution in [1.29, 1.82) is 0 Å². The van der Waals surface area contributed by atoms with Crippen molar-refractivity contribution >= 4 is 12.2 Å². The van der Waals surface area contributed by atoms with Crippen molar-refractivity contribution in [3.05, 3.63) is 57.1 Å². The summed E-state index contributed by atoms with van der Waals surface area (Å²) in [7, 11) is 0. The van der Waals surface area contributed by atoms with Crippen LogP contribution in [0.1, 0.15) is 47.0 Å². The fourth-order valence-corrected chi connectivity index (χ4v) is 3.81. The standard InChI is InChI=1S/C16H16N2S/c19-16-13-6-3-7-14(13)17-15(18-16)12-9-8-10-4-1-2-5-11(10)12/h1-2,4-5,12H,3,6-9H2,(H,17,18,19). The van der Waals surface area contributed by atoms with Gasteiger partial charge in [0.05, 0.1) is 0 Å². The summed E-state index contributed by atoms with van der Waals surface area (Å²) >= 11 is 5.47. The van der Waals surface area contributed by atoms with Crippen molar-refractivity contribution in [2.24, 2.45) is 0 Å². The summed E-state index contributed by atoms with van der Waals surface area (Å²) in [4.78, 5) is 8.26. The second-order valence-corrected chi connectivity index (χ2v) is 5.91. The van der Waals surface area contributed by atoms with Gasteiger partial charge in [-0.15, -0.1) is 0 Å². The number of hydrogen-bond acceptors (Lipinski definition) is 2. The highest BCUT2D eigenvalue weighted by Crippen LogP contribution is 2.37. The lowest BCUT2D eigenvalue weighted by Gasteiger charge is -2.13. The van der Waals surface area contributed by atoms with Crippen LogP contribution in [0.4, 0.5) is 0 Å². The number of aryl methyl sites for hydroxylation is 2. The average Bonchev–Trinajstić information content (AvgIpc) is 3.04. The Bertz CT molecular complexity index is 702. The van der Waals surface area contributed by atoms with Gasteiger partial charge in [0.2, 0.25) is 0 Å². The van der Waals surface area contributed by atoms with E-state index in [2.05, 4.69) is 34.2 Å². The predicted molar refractivity (Wildman–Crippen MR) is 78.1 cm³/mol. The minimum absolute atomic E-state index is 0.406. The lowest BCUT2D eigenvalue weighted by atomic mass is 10.0. The van der Waals surface area contributed by atoms with Gasteiger partial charge in [0.1, 0.15) is 10.5 Å². The van der Waals surface area contributed by atoms with Crippen LogP contribution in [0.3, 0.4) is 0 Å². The first-order chi connectivity index (χ1) is 9.33. The maximum Gasteiger partial charge on any atom is 0.133 e. The highest BCUT2D eigenvalue weighted by atomic mass is 32.1. The third-order valence-electron chi connectivity index (χ3n) is 4.44. The lowest BCUT2D eigenvalue weighted by Crippen LogP contribution is -2.06. The van der Waals surface area contributed by atoms with Gasteiger partial charge < -0.3 is 4.98 Å². The average molecular weight is 268 g/mol. The number of fused-ring (bicyclic) bond motifs is 2. The highest BCUT2D eigenvalue weighted by Gasteiger charge is 2.26. The van der Waals surface area contributed by atoms with E-state index in [1.54, 1.807) is 0 Å². The molecule has 0 fully saturated rings. The summed E-state index contributed by atoms with van der Waals surface area (Å²) in [5.74, 6) is 1.49. The second-order valence-electron chi connectivity index (χ2n) is 5.53. The molecule has 1 unspecified atom stereocenters. The zero-order valence-electron chi connectivity index (χ0n) is 10.8. The van der Waals surface area contributed by atoms with Gasteiger partial charge in [-0.25, -0.2) is 4.98 Å². The maximum atomic E-state index is 5.47. The molecule has 2 nitrogen and oxygen atoms in total. The van der Waals surface area contributed by atoms with E-state index >= 15 is 0 Å². The van der Waals surface area contributed by atoms with Crippen LogP contribution in [0, 0.1) is 4.64 Å². The second kappa shape index (κ2) is 4.27. The van der Waals surface area contributed by atoms with Crippen molar-refractivity contribution in [2.45, 2.75) is 38.0 Å². The highest BCUT2D eigenvalue weighted by molar-refractivity contribution is 7.71. The Kier molecular flexibility index (Phi) is 2.55. The third-order valence-corrected chi connectivity index (χ3v) is 4.78. The van der Waals surface area contributed by atoms with E-state index in [0.29, 0.717) is 5.92 Å². The van der Waals surface area contributed by atoms with Gasteiger partial charge in [-0.1, -0.05) is 36.5 Å². The Balaban J connectivity index is 1.83. The molecule has 0 saturated carbocycles. The number of rotatable bonds is 1. The molecular formula is C16H16N2S. The van der Waals surface area contributed by atoms with Crippen LogP contribution in [-0.4, -0.2) is 9.97 Å².